The number of furan rings is 1. The van der Waals surface area contributed by atoms with Crippen LogP contribution in [0.3, 0.4) is 0 Å². The average molecular weight is 607 g/mol. The van der Waals surface area contributed by atoms with Crippen LogP contribution in [0, 0.1) is 6.92 Å². The minimum atomic E-state index is -0.317. The zero-order valence-electron chi connectivity index (χ0n) is 21.9. The molecule has 0 atom stereocenters. The van der Waals surface area contributed by atoms with Gasteiger partial charge in [0.05, 0.1) is 17.1 Å². The van der Waals surface area contributed by atoms with Crippen molar-refractivity contribution in [1.82, 2.24) is 9.66 Å². The van der Waals surface area contributed by atoms with E-state index in [1.807, 2.05) is 61.5 Å². The van der Waals surface area contributed by atoms with Gasteiger partial charge in [0, 0.05) is 15.5 Å². The summed E-state index contributed by atoms with van der Waals surface area (Å²) in [7, 11) is 0. The van der Waals surface area contributed by atoms with E-state index in [1.54, 1.807) is 48.7 Å². The van der Waals surface area contributed by atoms with E-state index >= 15 is 0 Å². The van der Waals surface area contributed by atoms with Crippen LogP contribution in [0.4, 0.5) is 5.69 Å². The molecule has 2 aromatic heterocycles. The summed E-state index contributed by atoms with van der Waals surface area (Å²) in [4.78, 5) is 30.4. The van der Waals surface area contributed by atoms with Crippen molar-refractivity contribution < 1.29 is 13.9 Å². The van der Waals surface area contributed by atoms with Gasteiger partial charge in [-0.3, -0.25) is 9.59 Å². The maximum atomic E-state index is 13.5. The summed E-state index contributed by atoms with van der Waals surface area (Å²) in [6.07, 6.45) is 1.56. The number of halogens is 1. The summed E-state index contributed by atoms with van der Waals surface area (Å²) in [5.74, 6) is 0.982. The molecule has 0 saturated heterocycles. The Hall–Kier alpha value is -5.02. The van der Waals surface area contributed by atoms with Gasteiger partial charge in [-0.25, -0.2) is 4.98 Å². The Morgan fingerprint density at radius 2 is 1.80 bits per heavy atom. The van der Waals surface area contributed by atoms with E-state index in [4.69, 9.17) is 14.1 Å². The molecule has 4 aromatic carbocycles. The molecule has 0 radical (unpaired) electrons. The van der Waals surface area contributed by atoms with E-state index in [0.717, 1.165) is 21.0 Å². The predicted molar refractivity (Wildman–Crippen MR) is 164 cm³/mol. The van der Waals surface area contributed by atoms with Gasteiger partial charge in [0.2, 0.25) is 5.82 Å². The van der Waals surface area contributed by atoms with Crippen LogP contribution in [-0.2, 0) is 4.79 Å². The van der Waals surface area contributed by atoms with Crippen LogP contribution in [0.2, 0.25) is 0 Å². The van der Waals surface area contributed by atoms with Crippen molar-refractivity contribution in [3.63, 3.8) is 0 Å². The summed E-state index contributed by atoms with van der Waals surface area (Å²) in [6, 6.07) is 29.2. The fraction of sp³-hybridized carbons (Fsp3) is 0.0625. The molecule has 2 heterocycles. The largest absolute Gasteiger partial charge is 0.484 e. The van der Waals surface area contributed by atoms with E-state index in [0.29, 0.717) is 33.7 Å². The van der Waals surface area contributed by atoms with E-state index in [2.05, 4.69) is 26.3 Å². The summed E-state index contributed by atoms with van der Waals surface area (Å²) in [6.45, 7) is 1.86. The van der Waals surface area contributed by atoms with Gasteiger partial charge in [0.25, 0.3) is 11.5 Å². The molecule has 0 aliphatic carbocycles. The number of nitrogens with one attached hydrogen (secondary N) is 1. The first-order valence-corrected chi connectivity index (χ1v) is 13.6. The third-order valence-electron chi connectivity index (χ3n) is 6.36. The number of ether oxygens (including phenoxy) is 1. The Bertz CT molecular complexity index is 1980. The topological polar surface area (TPSA) is 98.7 Å². The number of nitrogens with zero attached hydrogens (tertiary/aromatic N) is 3. The number of hydrogen-bond acceptors (Lipinski definition) is 6. The Labute approximate surface area is 243 Å². The normalized spacial score (nSPS) is 11.4. The van der Waals surface area contributed by atoms with Crippen LogP contribution in [0.1, 0.15) is 11.1 Å². The molecular formula is C32H23BrN4O4. The number of hydrogen-bond donors (Lipinski definition) is 1. The van der Waals surface area contributed by atoms with Crippen molar-refractivity contribution in [3.05, 3.63) is 123 Å². The van der Waals surface area contributed by atoms with Crippen LogP contribution in [0.25, 0.3) is 33.5 Å². The van der Waals surface area contributed by atoms with Gasteiger partial charge in [0.1, 0.15) is 11.3 Å². The van der Waals surface area contributed by atoms with Crippen molar-refractivity contribution in [2.75, 3.05) is 11.9 Å². The molecule has 0 aliphatic heterocycles. The molecule has 0 unspecified atom stereocenters. The zero-order chi connectivity index (χ0) is 28.3. The van der Waals surface area contributed by atoms with Gasteiger partial charge < -0.3 is 14.5 Å². The van der Waals surface area contributed by atoms with Gasteiger partial charge >= 0.3 is 0 Å². The van der Waals surface area contributed by atoms with Gasteiger partial charge in [-0.05, 0) is 85.3 Å². The number of carbonyl (C=O) groups is 1. The second-order valence-electron chi connectivity index (χ2n) is 9.38. The lowest BCUT2D eigenvalue weighted by Gasteiger charge is -2.08. The molecule has 41 heavy (non-hydrogen) atoms. The van der Waals surface area contributed by atoms with Crippen molar-refractivity contribution >= 4 is 55.6 Å². The van der Waals surface area contributed by atoms with E-state index in [9.17, 15) is 9.59 Å². The zero-order valence-corrected chi connectivity index (χ0v) is 23.5. The van der Waals surface area contributed by atoms with Crippen LogP contribution in [0.15, 0.2) is 116 Å². The average Bonchev–Trinajstić information content (AvgIpc) is 3.40. The number of anilines is 1. The highest BCUT2D eigenvalue weighted by Gasteiger charge is 2.16. The number of carbonyl (C=O) groups excluding carboxylic acids is 1. The van der Waals surface area contributed by atoms with Crippen LogP contribution in [0.5, 0.6) is 5.75 Å². The minimum Gasteiger partial charge on any atom is -0.484 e. The lowest BCUT2D eigenvalue weighted by Crippen LogP contribution is -2.20. The molecule has 1 amide bonds. The van der Waals surface area contributed by atoms with Crippen molar-refractivity contribution in [2.45, 2.75) is 6.92 Å². The van der Waals surface area contributed by atoms with Crippen LogP contribution in [-0.4, -0.2) is 28.4 Å². The smallest absolute Gasteiger partial charge is 0.282 e. The fourth-order valence-electron chi connectivity index (χ4n) is 4.27. The molecule has 0 bridgehead atoms. The van der Waals surface area contributed by atoms with Gasteiger partial charge in [0.15, 0.2) is 12.4 Å². The highest BCUT2D eigenvalue weighted by atomic mass is 79.9. The quantitative estimate of drug-likeness (QED) is 0.202. The number of amides is 1. The first-order valence-electron chi connectivity index (χ1n) is 12.8. The van der Waals surface area contributed by atoms with Gasteiger partial charge in [-0.2, -0.15) is 9.78 Å². The molecule has 6 rings (SSSR count). The second-order valence-corrected chi connectivity index (χ2v) is 10.3. The molecule has 202 valence electrons. The fourth-order valence-corrected chi connectivity index (χ4v) is 4.65. The molecule has 0 spiro atoms. The van der Waals surface area contributed by atoms with Gasteiger partial charge in [-0.15, -0.1) is 0 Å². The van der Waals surface area contributed by atoms with E-state index in [-0.39, 0.29) is 23.9 Å². The lowest BCUT2D eigenvalue weighted by molar-refractivity contribution is -0.118. The highest BCUT2D eigenvalue weighted by Crippen LogP contribution is 2.29. The molecule has 6 aromatic rings. The van der Waals surface area contributed by atoms with Crippen LogP contribution >= 0.6 is 15.9 Å². The predicted octanol–water partition coefficient (Wildman–Crippen LogP) is 6.78. The van der Waals surface area contributed by atoms with Crippen molar-refractivity contribution in [2.24, 2.45) is 5.10 Å². The van der Waals surface area contributed by atoms with Crippen LogP contribution < -0.4 is 15.6 Å². The lowest BCUT2D eigenvalue weighted by atomic mass is 10.2. The Kier molecular flexibility index (Phi) is 7.18. The standard InChI is InChI=1S/C32H23BrN4O4/c1-20-6-11-24(12-7-20)35-30(38)19-40-25-13-8-21(9-14-25)18-34-37-31(36-27-5-3-2-4-26(27)32(37)39)29-17-22-16-23(33)10-15-28(22)41-29/h2-18H,19H2,1H3,(H,35,38). The van der Waals surface area contributed by atoms with E-state index < -0.39 is 0 Å². The van der Waals surface area contributed by atoms with E-state index in [1.165, 1.54) is 4.68 Å². The van der Waals surface area contributed by atoms with Gasteiger partial charge in [-0.1, -0.05) is 45.8 Å². The molecule has 8 nitrogen and oxygen atoms in total. The number of rotatable bonds is 7. The Balaban J connectivity index is 1.24. The number of aromatic nitrogens is 2. The minimum absolute atomic E-state index is 0.128. The molecule has 1 N–H and O–H groups in total. The summed E-state index contributed by atoms with van der Waals surface area (Å²) in [5, 5.41) is 8.61. The molecule has 9 heteroatoms. The number of aryl methyl sites for hydroxylation is 1. The first-order chi connectivity index (χ1) is 19.9. The van der Waals surface area contributed by atoms with Crippen molar-refractivity contribution in [1.29, 1.82) is 0 Å². The Morgan fingerprint density at radius 3 is 2.61 bits per heavy atom. The number of benzene rings is 4. The molecule has 0 aliphatic rings. The maximum Gasteiger partial charge on any atom is 0.282 e. The monoisotopic (exact) mass is 606 g/mol. The first kappa shape index (κ1) is 26.2. The summed E-state index contributed by atoms with van der Waals surface area (Å²) in [5.41, 5.74) is 3.45. The number of fused-ring (bicyclic) bond motifs is 2. The van der Waals surface area contributed by atoms with Crippen molar-refractivity contribution in [3.8, 4) is 17.3 Å². The third kappa shape index (κ3) is 5.80. The third-order valence-corrected chi connectivity index (χ3v) is 6.85. The number of para-hydroxylation sites is 1. The molecule has 0 fully saturated rings. The highest BCUT2D eigenvalue weighted by molar-refractivity contribution is 9.10. The molecule has 0 saturated carbocycles. The Morgan fingerprint density at radius 1 is 1.02 bits per heavy atom. The second kappa shape index (κ2) is 11.2. The summed E-state index contributed by atoms with van der Waals surface area (Å²) < 4.78 is 13.8. The molecular weight excluding hydrogens is 584 g/mol. The SMILES string of the molecule is Cc1ccc(NC(=O)COc2ccc(C=Nn3c(-c4cc5cc(Br)ccc5o4)nc4ccccc4c3=O)cc2)cc1. The summed E-state index contributed by atoms with van der Waals surface area (Å²) >= 11 is 3.48. The maximum absolute atomic E-state index is 13.5.